The molecule has 2 aromatic heterocycles. The van der Waals surface area contributed by atoms with Crippen molar-refractivity contribution in [1.82, 2.24) is 15.3 Å². The van der Waals surface area contributed by atoms with Crippen LogP contribution >= 0.6 is 0 Å². The lowest BCUT2D eigenvalue weighted by Crippen LogP contribution is -2.26. The van der Waals surface area contributed by atoms with Crippen molar-refractivity contribution in [3.8, 4) is 5.88 Å². The molecule has 0 spiro atoms. The number of fused-ring (bicyclic) bond motifs is 1. The van der Waals surface area contributed by atoms with Crippen molar-refractivity contribution in [3.63, 3.8) is 0 Å². The van der Waals surface area contributed by atoms with Gasteiger partial charge in [-0.05, 0) is 54.0 Å². The van der Waals surface area contributed by atoms with Crippen LogP contribution in [0.4, 0.5) is 11.5 Å². The zero-order valence-electron chi connectivity index (χ0n) is 15.9. The summed E-state index contributed by atoms with van der Waals surface area (Å²) in [5, 5.41) is 2.97. The molecule has 2 aromatic rings. The number of piperidine rings is 1. The van der Waals surface area contributed by atoms with Gasteiger partial charge in [-0.25, -0.2) is 9.97 Å². The smallest absolute Gasteiger partial charge is 0.244 e. The lowest BCUT2D eigenvalue weighted by molar-refractivity contribution is -0.116. The number of methoxy groups -OCH3 is 1. The van der Waals surface area contributed by atoms with E-state index in [-0.39, 0.29) is 5.91 Å². The molecule has 1 aliphatic carbocycles. The summed E-state index contributed by atoms with van der Waals surface area (Å²) in [6, 6.07) is 7.57. The second-order valence-electron chi connectivity index (χ2n) is 7.38. The molecular weight excluding hydrogens is 354 g/mol. The van der Waals surface area contributed by atoms with Crippen LogP contribution in [0.2, 0.25) is 0 Å². The van der Waals surface area contributed by atoms with Crippen LogP contribution in [-0.2, 0) is 4.79 Å². The Labute approximate surface area is 164 Å². The first-order valence-electron chi connectivity index (χ1n) is 9.56. The van der Waals surface area contributed by atoms with Crippen LogP contribution in [0.25, 0.3) is 6.08 Å². The van der Waals surface area contributed by atoms with Crippen LogP contribution in [0.3, 0.4) is 0 Å². The fraction of sp³-hybridized carbons (Fsp3) is 0.381. The van der Waals surface area contributed by atoms with Crippen LogP contribution in [0.15, 0.2) is 42.7 Å². The van der Waals surface area contributed by atoms with Crippen molar-refractivity contribution in [3.05, 3.63) is 48.3 Å². The van der Waals surface area contributed by atoms with E-state index < -0.39 is 0 Å². The highest BCUT2D eigenvalue weighted by Gasteiger charge is 2.54. The minimum atomic E-state index is -0.0758. The normalized spacial score (nSPS) is 22.9. The molecule has 3 N–H and O–H groups in total. The van der Waals surface area contributed by atoms with Crippen LogP contribution in [-0.4, -0.2) is 42.6 Å². The molecule has 1 saturated carbocycles. The molecule has 7 heteroatoms. The molecule has 2 aliphatic rings. The van der Waals surface area contributed by atoms with Gasteiger partial charge in [0, 0.05) is 49.9 Å². The first-order valence-corrected chi connectivity index (χ1v) is 9.56. The van der Waals surface area contributed by atoms with Gasteiger partial charge in [-0.2, -0.15) is 0 Å². The van der Waals surface area contributed by atoms with Gasteiger partial charge in [0.25, 0.3) is 0 Å². The minimum Gasteiger partial charge on any atom is -0.481 e. The summed E-state index contributed by atoms with van der Waals surface area (Å²) in [6.07, 6.45) is 7.76. The molecule has 4 rings (SSSR count). The van der Waals surface area contributed by atoms with E-state index in [4.69, 9.17) is 10.5 Å². The van der Waals surface area contributed by atoms with Crippen molar-refractivity contribution < 1.29 is 9.53 Å². The van der Waals surface area contributed by atoms with E-state index in [1.807, 2.05) is 18.2 Å². The number of hydrogen-bond donors (Lipinski definition) is 2. The van der Waals surface area contributed by atoms with Gasteiger partial charge in [0.15, 0.2) is 0 Å². The summed E-state index contributed by atoms with van der Waals surface area (Å²) < 4.78 is 5.21. The SMILES string of the molecule is COc1cc(N2C[C@@H]3C(CCNC(=O)/C=C/c4ccc(N)nc4)[C@@H]3C2)ccn1. The van der Waals surface area contributed by atoms with E-state index in [0.29, 0.717) is 24.2 Å². The third kappa shape index (κ3) is 4.08. The highest BCUT2D eigenvalue weighted by molar-refractivity contribution is 5.91. The Morgan fingerprint density at radius 1 is 1.32 bits per heavy atom. The summed E-state index contributed by atoms with van der Waals surface area (Å²) in [5.74, 6) is 3.22. The van der Waals surface area contributed by atoms with Crippen molar-refractivity contribution in [2.24, 2.45) is 17.8 Å². The molecule has 1 unspecified atom stereocenters. The van der Waals surface area contributed by atoms with E-state index in [2.05, 4.69) is 20.2 Å². The summed E-state index contributed by atoms with van der Waals surface area (Å²) in [5.41, 5.74) is 7.58. The summed E-state index contributed by atoms with van der Waals surface area (Å²) in [4.78, 5) is 22.5. The molecule has 2 fully saturated rings. The number of nitrogens with zero attached hydrogens (tertiary/aromatic N) is 3. The molecule has 1 aliphatic heterocycles. The monoisotopic (exact) mass is 379 g/mol. The van der Waals surface area contributed by atoms with Crippen molar-refractivity contribution in [2.75, 3.05) is 37.4 Å². The van der Waals surface area contributed by atoms with E-state index in [1.165, 1.54) is 5.69 Å². The number of hydrogen-bond acceptors (Lipinski definition) is 6. The standard InChI is InChI=1S/C21H25N5O2/c1-28-21-10-15(6-8-24-21)26-12-17-16(18(17)13-26)7-9-23-20(27)5-3-14-2-4-19(22)25-11-14/h2-6,8,10-11,16-18H,7,9,12-13H2,1H3,(H2,22,25)(H,23,27)/b5-3+/t16?,17-,18+. The van der Waals surface area contributed by atoms with E-state index in [9.17, 15) is 4.79 Å². The van der Waals surface area contributed by atoms with E-state index in [0.717, 1.165) is 36.9 Å². The number of rotatable bonds is 7. The Morgan fingerprint density at radius 3 is 2.86 bits per heavy atom. The fourth-order valence-corrected chi connectivity index (χ4v) is 4.10. The average Bonchev–Trinajstić information content (AvgIpc) is 3.16. The predicted molar refractivity (Wildman–Crippen MR) is 109 cm³/mol. The van der Waals surface area contributed by atoms with Gasteiger partial charge >= 0.3 is 0 Å². The van der Waals surface area contributed by atoms with Crippen molar-refractivity contribution in [1.29, 1.82) is 0 Å². The number of nitrogen functional groups attached to an aromatic ring is 1. The molecule has 28 heavy (non-hydrogen) atoms. The highest BCUT2D eigenvalue weighted by Crippen LogP contribution is 2.54. The number of anilines is 2. The molecule has 3 heterocycles. The van der Waals surface area contributed by atoms with Gasteiger partial charge in [-0.3, -0.25) is 4.79 Å². The topological polar surface area (TPSA) is 93.4 Å². The largest absolute Gasteiger partial charge is 0.481 e. The summed E-state index contributed by atoms with van der Waals surface area (Å²) >= 11 is 0. The maximum Gasteiger partial charge on any atom is 0.244 e. The lowest BCUT2D eigenvalue weighted by Gasteiger charge is -2.22. The maximum absolute atomic E-state index is 12.0. The van der Waals surface area contributed by atoms with Crippen LogP contribution < -0.4 is 20.7 Å². The Hall–Kier alpha value is -3.09. The maximum atomic E-state index is 12.0. The average molecular weight is 379 g/mol. The number of nitrogens with one attached hydrogen (secondary N) is 1. The molecule has 0 bridgehead atoms. The van der Waals surface area contributed by atoms with Gasteiger partial charge in [-0.1, -0.05) is 0 Å². The Balaban J connectivity index is 1.18. The van der Waals surface area contributed by atoms with E-state index in [1.54, 1.807) is 37.7 Å². The molecule has 3 atom stereocenters. The number of nitrogens with two attached hydrogens (primary N) is 1. The minimum absolute atomic E-state index is 0.0758. The predicted octanol–water partition coefficient (Wildman–Crippen LogP) is 1.97. The first-order chi connectivity index (χ1) is 13.6. The highest BCUT2D eigenvalue weighted by atomic mass is 16.5. The van der Waals surface area contributed by atoms with Crippen LogP contribution in [0.5, 0.6) is 5.88 Å². The number of ether oxygens (including phenoxy) is 1. The van der Waals surface area contributed by atoms with Gasteiger partial charge in [0.2, 0.25) is 11.8 Å². The number of pyridine rings is 2. The zero-order valence-corrected chi connectivity index (χ0v) is 15.9. The number of amides is 1. The number of carbonyl (C=O) groups excluding carboxylic acids is 1. The van der Waals surface area contributed by atoms with Crippen molar-refractivity contribution >= 4 is 23.5 Å². The number of carbonyl (C=O) groups is 1. The van der Waals surface area contributed by atoms with Crippen molar-refractivity contribution in [2.45, 2.75) is 6.42 Å². The zero-order chi connectivity index (χ0) is 19.5. The molecule has 1 saturated heterocycles. The first kappa shape index (κ1) is 18.3. The Kier molecular flexibility index (Phi) is 5.14. The van der Waals surface area contributed by atoms with Gasteiger partial charge in [0.05, 0.1) is 7.11 Å². The molecule has 7 nitrogen and oxygen atoms in total. The second kappa shape index (κ2) is 7.88. The molecular formula is C21H25N5O2. The molecule has 1 amide bonds. The number of aromatic nitrogens is 2. The van der Waals surface area contributed by atoms with Gasteiger partial charge < -0.3 is 20.7 Å². The second-order valence-corrected chi connectivity index (χ2v) is 7.38. The fourth-order valence-electron chi connectivity index (χ4n) is 4.10. The lowest BCUT2D eigenvalue weighted by atomic mass is 10.2. The van der Waals surface area contributed by atoms with E-state index >= 15 is 0 Å². The van der Waals surface area contributed by atoms with Gasteiger partial charge in [0.1, 0.15) is 5.82 Å². The molecule has 0 aromatic carbocycles. The third-order valence-corrected chi connectivity index (χ3v) is 5.68. The Bertz CT molecular complexity index is 855. The summed E-state index contributed by atoms with van der Waals surface area (Å²) in [6.45, 7) is 2.85. The molecule has 0 radical (unpaired) electrons. The van der Waals surface area contributed by atoms with Gasteiger partial charge in [-0.15, -0.1) is 0 Å². The quantitative estimate of drug-likeness (QED) is 0.715. The van der Waals surface area contributed by atoms with Crippen LogP contribution in [0.1, 0.15) is 12.0 Å². The van der Waals surface area contributed by atoms with Crippen LogP contribution in [0, 0.1) is 17.8 Å². The summed E-state index contributed by atoms with van der Waals surface area (Å²) in [7, 11) is 1.64. The third-order valence-electron chi connectivity index (χ3n) is 5.68. The Morgan fingerprint density at radius 2 is 2.14 bits per heavy atom. The molecule has 146 valence electrons.